The molecule has 0 aromatic carbocycles. The highest BCUT2D eigenvalue weighted by Crippen LogP contribution is 2.34. The maximum absolute atomic E-state index is 10.9. The molecular formula is C8H13IO3. The Morgan fingerprint density at radius 3 is 2.42 bits per heavy atom. The lowest BCUT2D eigenvalue weighted by molar-refractivity contribution is -0.165. The van der Waals surface area contributed by atoms with Crippen molar-refractivity contribution >= 4 is 28.6 Å². The fourth-order valence-corrected chi connectivity index (χ4v) is 2.18. The predicted molar refractivity (Wildman–Crippen MR) is 53.7 cm³/mol. The molecule has 0 bridgehead atoms. The van der Waals surface area contributed by atoms with Crippen LogP contribution in [0.25, 0.3) is 0 Å². The number of hydrogen-bond acceptors (Lipinski definition) is 2. The first-order chi connectivity index (χ1) is 5.60. The van der Waals surface area contributed by atoms with Crippen LogP contribution >= 0.6 is 22.6 Å². The Kier molecular flexibility index (Phi) is 3.34. The third-order valence-corrected chi connectivity index (χ3v) is 3.75. The molecule has 1 saturated carbocycles. The molecule has 1 fully saturated rings. The van der Waals surface area contributed by atoms with Crippen molar-refractivity contribution in [1.82, 2.24) is 0 Å². The topological polar surface area (TPSA) is 46.5 Å². The first-order valence-electron chi connectivity index (χ1n) is 4.03. The van der Waals surface area contributed by atoms with Crippen LogP contribution in [0.1, 0.15) is 25.7 Å². The summed E-state index contributed by atoms with van der Waals surface area (Å²) in [4.78, 5) is 10.9. The molecule has 1 N–H and O–H groups in total. The highest BCUT2D eigenvalue weighted by molar-refractivity contribution is 14.1. The highest BCUT2D eigenvalue weighted by Gasteiger charge is 2.41. The number of alkyl halides is 1. The summed E-state index contributed by atoms with van der Waals surface area (Å²) in [6.45, 7) is 0. The molecule has 1 aliphatic rings. The van der Waals surface area contributed by atoms with Gasteiger partial charge in [0.15, 0.2) is 5.60 Å². The summed E-state index contributed by atoms with van der Waals surface area (Å²) in [6.07, 6.45) is 3.18. The van der Waals surface area contributed by atoms with Gasteiger partial charge in [0.25, 0.3) is 0 Å². The number of ether oxygens (including phenoxy) is 1. The van der Waals surface area contributed by atoms with Crippen LogP contribution in [0.2, 0.25) is 0 Å². The molecule has 70 valence electrons. The largest absolute Gasteiger partial charge is 0.479 e. The van der Waals surface area contributed by atoms with Gasteiger partial charge in [-0.15, -0.1) is 0 Å². The molecule has 0 radical (unpaired) electrons. The van der Waals surface area contributed by atoms with Gasteiger partial charge in [-0.1, -0.05) is 22.6 Å². The van der Waals surface area contributed by atoms with E-state index in [0.29, 0.717) is 16.8 Å². The maximum Gasteiger partial charge on any atom is 0.335 e. The van der Waals surface area contributed by atoms with E-state index in [9.17, 15) is 4.79 Å². The van der Waals surface area contributed by atoms with E-state index in [1.807, 2.05) is 0 Å². The first-order valence-corrected chi connectivity index (χ1v) is 5.28. The van der Waals surface area contributed by atoms with Crippen LogP contribution in [0.5, 0.6) is 0 Å². The predicted octanol–water partition coefficient (Wildman–Crippen LogP) is 1.83. The molecule has 0 heterocycles. The average Bonchev–Trinajstić information content (AvgIpc) is 2.06. The molecule has 0 amide bonds. The van der Waals surface area contributed by atoms with Gasteiger partial charge in [0.05, 0.1) is 0 Å². The SMILES string of the molecule is COC1(C(=O)O)CCC(I)CC1. The van der Waals surface area contributed by atoms with Crippen molar-refractivity contribution in [2.75, 3.05) is 7.11 Å². The van der Waals surface area contributed by atoms with Crippen LogP contribution in [0.15, 0.2) is 0 Å². The van der Waals surface area contributed by atoms with Crippen LogP contribution in [-0.4, -0.2) is 27.7 Å². The zero-order valence-electron chi connectivity index (χ0n) is 7.05. The number of aliphatic carboxylic acids is 1. The molecule has 3 nitrogen and oxygen atoms in total. The van der Waals surface area contributed by atoms with E-state index in [2.05, 4.69) is 22.6 Å². The molecule has 1 aliphatic carbocycles. The van der Waals surface area contributed by atoms with Gasteiger partial charge >= 0.3 is 5.97 Å². The molecule has 0 saturated heterocycles. The third kappa shape index (κ3) is 1.90. The van der Waals surface area contributed by atoms with Crippen LogP contribution in [0.4, 0.5) is 0 Å². The molecule has 0 aromatic rings. The van der Waals surface area contributed by atoms with Crippen LogP contribution in [-0.2, 0) is 9.53 Å². The number of methoxy groups -OCH3 is 1. The highest BCUT2D eigenvalue weighted by atomic mass is 127. The summed E-state index contributed by atoms with van der Waals surface area (Å²) in [7, 11) is 1.49. The molecule has 4 heteroatoms. The molecule has 12 heavy (non-hydrogen) atoms. The maximum atomic E-state index is 10.9. The molecule has 0 aromatic heterocycles. The van der Waals surface area contributed by atoms with Crippen molar-refractivity contribution in [3.8, 4) is 0 Å². The molecule has 0 unspecified atom stereocenters. The second-order valence-corrected chi connectivity index (χ2v) is 4.94. The zero-order valence-corrected chi connectivity index (χ0v) is 9.20. The Labute approximate surface area is 85.6 Å². The summed E-state index contributed by atoms with van der Waals surface area (Å²) in [5, 5.41) is 8.95. The van der Waals surface area contributed by atoms with Crippen molar-refractivity contribution < 1.29 is 14.6 Å². The van der Waals surface area contributed by atoms with E-state index >= 15 is 0 Å². The van der Waals surface area contributed by atoms with E-state index < -0.39 is 11.6 Å². The summed E-state index contributed by atoms with van der Waals surface area (Å²) in [5.41, 5.74) is -0.887. The molecule has 0 aliphatic heterocycles. The lowest BCUT2D eigenvalue weighted by Gasteiger charge is -2.33. The van der Waals surface area contributed by atoms with Gasteiger partial charge in [-0.2, -0.15) is 0 Å². The molecule has 0 spiro atoms. The van der Waals surface area contributed by atoms with E-state index in [1.165, 1.54) is 7.11 Å². The van der Waals surface area contributed by atoms with E-state index in [-0.39, 0.29) is 0 Å². The Balaban J connectivity index is 2.63. The number of rotatable bonds is 2. The quantitative estimate of drug-likeness (QED) is 0.621. The minimum atomic E-state index is -0.887. The van der Waals surface area contributed by atoms with Gasteiger partial charge in [0, 0.05) is 11.0 Å². The van der Waals surface area contributed by atoms with E-state index in [4.69, 9.17) is 9.84 Å². The fraction of sp³-hybridized carbons (Fsp3) is 0.875. The third-order valence-electron chi connectivity index (χ3n) is 2.50. The Morgan fingerprint density at radius 1 is 1.58 bits per heavy atom. The Morgan fingerprint density at radius 2 is 2.08 bits per heavy atom. The van der Waals surface area contributed by atoms with Crippen molar-refractivity contribution in [2.45, 2.75) is 35.2 Å². The number of carboxylic acids is 1. The van der Waals surface area contributed by atoms with Crippen molar-refractivity contribution in [3.63, 3.8) is 0 Å². The van der Waals surface area contributed by atoms with Crippen LogP contribution in [0.3, 0.4) is 0 Å². The molecular weight excluding hydrogens is 271 g/mol. The second-order valence-electron chi connectivity index (χ2n) is 3.18. The summed E-state index contributed by atoms with van der Waals surface area (Å²) < 4.78 is 5.70. The van der Waals surface area contributed by atoms with Crippen LogP contribution in [0, 0.1) is 0 Å². The van der Waals surface area contributed by atoms with E-state index in [1.54, 1.807) is 0 Å². The van der Waals surface area contributed by atoms with Gasteiger partial charge in [0.2, 0.25) is 0 Å². The smallest absolute Gasteiger partial charge is 0.335 e. The van der Waals surface area contributed by atoms with Crippen molar-refractivity contribution in [1.29, 1.82) is 0 Å². The number of halogens is 1. The Bertz CT molecular complexity index is 173. The molecule has 1 rings (SSSR count). The summed E-state index contributed by atoms with van der Waals surface area (Å²) in [6, 6.07) is 0. The summed E-state index contributed by atoms with van der Waals surface area (Å²) in [5.74, 6) is -0.812. The number of carbonyl (C=O) groups is 1. The normalized spacial score (nSPS) is 36.3. The van der Waals surface area contributed by atoms with E-state index in [0.717, 1.165) is 12.8 Å². The van der Waals surface area contributed by atoms with Gasteiger partial charge < -0.3 is 9.84 Å². The van der Waals surface area contributed by atoms with Gasteiger partial charge in [-0.25, -0.2) is 4.79 Å². The second kappa shape index (κ2) is 3.91. The lowest BCUT2D eigenvalue weighted by Crippen LogP contribution is -2.44. The van der Waals surface area contributed by atoms with Gasteiger partial charge in [0.1, 0.15) is 0 Å². The zero-order chi connectivity index (χ0) is 9.19. The van der Waals surface area contributed by atoms with Gasteiger partial charge in [-0.05, 0) is 25.7 Å². The van der Waals surface area contributed by atoms with Crippen molar-refractivity contribution in [2.24, 2.45) is 0 Å². The lowest BCUT2D eigenvalue weighted by atomic mass is 9.85. The number of carboxylic acid groups (broad SMARTS) is 1. The Hall–Kier alpha value is 0.160. The minimum Gasteiger partial charge on any atom is -0.479 e. The van der Waals surface area contributed by atoms with Gasteiger partial charge in [-0.3, -0.25) is 0 Å². The minimum absolute atomic E-state index is 0.616. The fourth-order valence-electron chi connectivity index (χ4n) is 1.55. The standard InChI is InChI=1S/C8H13IO3/c1-12-8(7(10)11)4-2-6(9)3-5-8/h6H,2-5H2,1H3,(H,10,11). The average molecular weight is 284 g/mol. The van der Waals surface area contributed by atoms with Crippen molar-refractivity contribution in [3.05, 3.63) is 0 Å². The summed E-state index contributed by atoms with van der Waals surface area (Å²) >= 11 is 2.36. The molecule has 0 atom stereocenters. The monoisotopic (exact) mass is 284 g/mol. The van der Waals surface area contributed by atoms with Crippen LogP contribution < -0.4 is 0 Å². The first kappa shape index (κ1) is 10.2. The number of hydrogen-bond donors (Lipinski definition) is 1.